The lowest BCUT2D eigenvalue weighted by atomic mass is 10.0. The summed E-state index contributed by atoms with van der Waals surface area (Å²) < 4.78 is 17.4. The molecule has 35 heavy (non-hydrogen) atoms. The average Bonchev–Trinajstić information content (AvgIpc) is 3.39. The van der Waals surface area contributed by atoms with Crippen LogP contribution < -0.4 is 19.5 Å². The average molecular weight is 475 g/mol. The summed E-state index contributed by atoms with van der Waals surface area (Å²) >= 11 is 0. The second-order valence-corrected chi connectivity index (χ2v) is 9.48. The summed E-state index contributed by atoms with van der Waals surface area (Å²) in [5.41, 5.74) is 2.12. The van der Waals surface area contributed by atoms with E-state index in [1.54, 1.807) is 0 Å². The number of carbonyl (C=O) groups is 1. The molecular weight excluding hydrogens is 440 g/mol. The number of nitrogens with one attached hydrogen (secondary N) is 1. The summed E-state index contributed by atoms with van der Waals surface area (Å²) in [6, 6.07) is 14.0. The quantitative estimate of drug-likeness (QED) is 0.582. The molecular formula is C29H34N2O4. The molecule has 2 aromatic carbocycles. The van der Waals surface area contributed by atoms with Crippen molar-refractivity contribution < 1.29 is 19.0 Å². The molecule has 1 amide bonds. The molecule has 0 bridgehead atoms. The van der Waals surface area contributed by atoms with Gasteiger partial charge in [-0.15, -0.1) is 0 Å². The SMILES string of the molecule is O=C(Cc1ccc(OC2=CC=CCC2)cc1)NC(Cc1ccc2c(c1)OCCO2)CN1CCCC1. The van der Waals surface area contributed by atoms with Gasteiger partial charge in [-0.3, -0.25) is 4.79 Å². The highest BCUT2D eigenvalue weighted by Gasteiger charge is 2.21. The number of hydrogen-bond acceptors (Lipinski definition) is 5. The molecule has 1 saturated heterocycles. The minimum absolute atomic E-state index is 0.0389. The van der Waals surface area contributed by atoms with Crippen molar-refractivity contribution in [1.82, 2.24) is 10.2 Å². The Morgan fingerprint density at radius 2 is 1.77 bits per heavy atom. The van der Waals surface area contributed by atoms with Crippen LogP contribution in [0.25, 0.3) is 0 Å². The van der Waals surface area contributed by atoms with E-state index in [1.807, 2.05) is 48.6 Å². The summed E-state index contributed by atoms with van der Waals surface area (Å²) in [6.07, 6.45) is 11.7. The Labute approximate surface area is 207 Å². The van der Waals surface area contributed by atoms with Gasteiger partial charge in [0, 0.05) is 19.0 Å². The number of likely N-dealkylation sites (tertiary alicyclic amines) is 1. The molecule has 6 nitrogen and oxygen atoms in total. The number of ether oxygens (including phenoxy) is 3. The second-order valence-electron chi connectivity index (χ2n) is 9.48. The van der Waals surface area contributed by atoms with E-state index in [9.17, 15) is 4.79 Å². The zero-order valence-electron chi connectivity index (χ0n) is 20.2. The number of allylic oxidation sites excluding steroid dienone is 4. The van der Waals surface area contributed by atoms with Crippen molar-refractivity contribution in [3.05, 3.63) is 77.6 Å². The van der Waals surface area contributed by atoms with Gasteiger partial charge in [-0.05, 0) is 80.2 Å². The van der Waals surface area contributed by atoms with Crippen molar-refractivity contribution in [3.63, 3.8) is 0 Å². The summed E-state index contributed by atoms with van der Waals surface area (Å²) in [5, 5.41) is 3.30. The van der Waals surface area contributed by atoms with Crippen LogP contribution in [-0.2, 0) is 17.6 Å². The lowest BCUT2D eigenvalue weighted by Crippen LogP contribution is -2.45. The van der Waals surface area contributed by atoms with Crippen molar-refractivity contribution in [2.24, 2.45) is 0 Å². The topological polar surface area (TPSA) is 60.0 Å². The van der Waals surface area contributed by atoms with Crippen LogP contribution in [0, 0.1) is 0 Å². The van der Waals surface area contributed by atoms with E-state index in [-0.39, 0.29) is 11.9 Å². The number of carbonyl (C=O) groups excluding carboxylic acids is 1. The first-order valence-corrected chi connectivity index (χ1v) is 12.7. The third-order valence-corrected chi connectivity index (χ3v) is 6.64. The second kappa shape index (κ2) is 11.5. The first-order chi connectivity index (χ1) is 17.2. The lowest BCUT2D eigenvalue weighted by molar-refractivity contribution is -0.121. The fourth-order valence-electron chi connectivity index (χ4n) is 4.89. The van der Waals surface area contributed by atoms with Gasteiger partial charge in [-0.25, -0.2) is 0 Å². The van der Waals surface area contributed by atoms with Gasteiger partial charge in [0.15, 0.2) is 11.5 Å². The molecule has 184 valence electrons. The van der Waals surface area contributed by atoms with Gasteiger partial charge in [-0.1, -0.05) is 30.4 Å². The first kappa shape index (κ1) is 23.5. The van der Waals surface area contributed by atoms with Crippen LogP contribution in [-0.4, -0.2) is 49.7 Å². The first-order valence-electron chi connectivity index (χ1n) is 12.7. The number of hydrogen-bond donors (Lipinski definition) is 1. The highest BCUT2D eigenvalue weighted by molar-refractivity contribution is 5.79. The molecule has 2 heterocycles. The normalized spacial score (nSPS) is 18.1. The Bertz CT molecular complexity index is 1070. The minimum atomic E-state index is 0.0389. The summed E-state index contributed by atoms with van der Waals surface area (Å²) in [5.74, 6) is 3.41. The Kier molecular flexibility index (Phi) is 7.69. The number of nitrogens with zero attached hydrogens (tertiary/aromatic N) is 1. The lowest BCUT2D eigenvalue weighted by Gasteiger charge is -2.25. The van der Waals surface area contributed by atoms with Gasteiger partial charge in [-0.2, -0.15) is 0 Å². The van der Waals surface area contributed by atoms with Gasteiger partial charge in [0.2, 0.25) is 5.91 Å². The van der Waals surface area contributed by atoms with Crippen molar-refractivity contribution in [2.75, 3.05) is 32.8 Å². The maximum Gasteiger partial charge on any atom is 0.224 e. The maximum absolute atomic E-state index is 13.0. The zero-order valence-corrected chi connectivity index (χ0v) is 20.2. The van der Waals surface area contributed by atoms with Crippen LogP contribution in [0.5, 0.6) is 17.2 Å². The number of fused-ring (bicyclic) bond motifs is 1. The van der Waals surface area contributed by atoms with Crippen molar-refractivity contribution in [2.45, 2.75) is 44.6 Å². The molecule has 3 aliphatic rings. The third kappa shape index (κ3) is 6.67. The van der Waals surface area contributed by atoms with E-state index in [4.69, 9.17) is 14.2 Å². The standard InChI is InChI=1S/C29H34N2O4/c32-29(20-22-8-11-26(12-9-22)35-25-6-2-1-3-7-25)30-24(21-31-14-4-5-15-31)18-23-10-13-27-28(19-23)34-17-16-33-27/h1-2,6,8-13,19,24H,3-5,7,14-18,20-21H2,(H,30,32). The van der Waals surface area contributed by atoms with E-state index >= 15 is 0 Å². The van der Waals surface area contributed by atoms with Gasteiger partial charge >= 0.3 is 0 Å². The molecule has 6 heteroatoms. The fourth-order valence-corrected chi connectivity index (χ4v) is 4.89. The number of amides is 1. The van der Waals surface area contributed by atoms with Crippen LogP contribution in [0.3, 0.4) is 0 Å². The van der Waals surface area contributed by atoms with Crippen LogP contribution in [0.15, 0.2) is 66.5 Å². The minimum Gasteiger partial charge on any atom is -0.486 e. The van der Waals surface area contributed by atoms with E-state index < -0.39 is 0 Å². The van der Waals surface area contributed by atoms with E-state index in [2.05, 4.69) is 22.4 Å². The molecule has 2 aliphatic heterocycles. The van der Waals surface area contributed by atoms with E-state index in [0.29, 0.717) is 19.6 Å². The predicted molar refractivity (Wildman–Crippen MR) is 136 cm³/mol. The molecule has 0 saturated carbocycles. The number of rotatable bonds is 9. The molecule has 2 aromatic rings. The molecule has 0 spiro atoms. The Morgan fingerprint density at radius 3 is 2.54 bits per heavy atom. The van der Waals surface area contributed by atoms with Gasteiger partial charge < -0.3 is 24.4 Å². The monoisotopic (exact) mass is 474 g/mol. The van der Waals surface area contributed by atoms with Crippen LogP contribution >= 0.6 is 0 Å². The van der Waals surface area contributed by atoms with E-state index in [0.717, 1.165) is 73.0 Å². The molecule has 5 rings (SSSR count). The van der Waals surface area contributed by atoms with Gasteiger partial charge in [0.25, 0.3) is 0 Å². The van der Waals surface area contributed by atoms with Crippen LogP contribution in [0.4, 0.5) is 0 Å². The molecule has 1 atom stereocenters. The van der Waals surface area contributed by atoms with Crippen molar-refractivity contribution in [1.29, 1.82) is 0 Å². The van der Waals surface area contributed by atoms with Gasteiger partial charge in [0.05, 0.1) is 6.42 Å². The molecule has 1 fully saturated rings. The van der Waals surface area contributed by atoms with Crippen LogP contribution in [0.1, 0.15) is 36.8 Å². The highest BCUT2D eigenvalue weighted by Crippen LogP contribution is 2.31. The molecule has 1 N–H and O–H groups in total. The highest BCUT2D eigenvalue weighted by atomic mass is 16.6. The molecule has 0 radical (unpaired) electrons. The Balaban J connectivity index is 1.20. The molecule has 1 aliphatic carbocycles. The maximum atomic E-state index is 13.0. The van der Waals surface area contributed by atoms with Crippen molar-refractivity contribution in [3.8, 4) is 17.2 Å². The smallest absolute Gasteiger partial charge is 0.224 e. The van der Waals surface area contributed by atoms with E-state index in [1.165, 1.54) is 12.8 Å². The largest absolute Gasteiger partial charge is 0.486 e. The predicted octanol–water partition coefficient (Wildman–Crippen LogP) is 4.44. The van der Waals surface area contributed by atoms with Crippen LogP contribution in [0.2, 0.25) is 0 Å². The van der Waals surface area contributed by atoms with Gasteiger partial charge in [0.1, 0.15) is 24.7 Å². The third-order valence-electron chi connectivity index (χ3n) is 6.64. The Hall–Kier alpha value is -3.25. The summed E-state index contributed by atoms with van der Waals surface area (Å²) in [4.78, 5) is 15.4. The molecule has 1 unspecified atom stereocenters. The molecule has 0 aromatic heterocycles. The Morgan fingerprint density at radius 1 is 1.00 bits per heavy atom. The van der Waals surface area contributed by atoms with Crippen molar-refractivity contribution >= 4 is 5.91 Å². The fraction of sp³-hybridized carbons (Fsp3) is 0.414. The number of benzene rings is 2. The summed E-state index contributed by atoms with van der Waals surface area (Å²) in [6.45, 7) is 4.21. The zero-order chi connectivity index (χ0) is 23.9. The summed E-state index contributed by atoms with van der Waals surface area (Å²) in [7, 11) is 0.